The average Bonchev–Trinajstić information content (AvgIpc) is 2.31. The van der Waals surface area contributed by atoms with Crippen LogP contribution < -0.4 is 15.4 Å². The molecule has 0 bridgehead atoms. The average molecular weight is 224 g/mol. The Balaban J connectivity index is 2.41. The lowest BCUT2D eigenvalue weighted by Crippen LogP contribution is -2.23. The molecule has 90 valence electrons. The zero-order valence-electron chi connectivity index (χ0n) is 10.2. The van der Waals surface area contributed by atoms with Crippen molar-refractivity contribution in [3.8, 4) is 5.88 Å². The third kappa shape index (κ3) is 3.66. The lowest BCUT2D eigenvalue weighted by molar-refractivity contribution is 0.393. The summed E-state index contributed by atoms with van der Waals surface area (Å²) in [4.78, 5) is 8.20. The standard InChI is InChI=1S/C11H20N4O/c1-4-5-12-6-7-13-10-9(2)11(16-3)15-8-14-10/h8,12H,4-7H2,1-3H3,(H,13,14,15). The summed E-state index contributed by atoms with van der Waals surface area (Å²) in [7, 11) is 1.61. The van der Waals surface area contributed by atoms with Gasteiger partial charge in [0.1, 0.15) is 12.1 Å². The molecule has 1 aromatic rings. The number of methoxy groups -OCH3 is 1. The predicted molar refractivity (Wildman–Crippen MR) is 65.0 cm³/mol. The summed E-state index contributed by atoms with van der Waals surface area (Å²) in [5.41, 5.74) is 0.945. The molecule has 0 aliphatic carbocycles. The van der Waals surface area contributed by atoms with Gasteiger partial charge >= 0.3 is 0 Å². The van der Waals surface area contributed by atoms with Gasteiger partial charge in [-0.2, -0.15) is 0 Å². The number of anilines is 1. The predicted octanol–water partition coefficient (Wildman–Crippen LogP) is 1.21. The normalized spacial score (nSPS) is 10.2. The molecule has 1 rings (SSSR count). The molecular weight excluding hydrogens is 204 g/mol. The number of nitrogens with zero attached hydrogens (tertiary/aromatic N) is 2. The van der Waals surface area contributed by atoms with Crippen molar-refractivity contribution in [2.45, 2.75) is 20.3 Å². The number of aromatic nitrogens is 2. The van der Waals surface area contributed by atoms with Gasteiger partial charge in [-0.1, -0.05) is 6.92 Å². The zero-order valence-corrected chi connectivity index (χ0v) is 10.2. The summed E-state index contributed by atoms with van der Waals surface area (Å²) < 4.78 is 5.12. The maximum atomic E-state index is 5.12. The van der Waals surface area contributed by atoms with Crippen molar-refractivity contribution in [1.82, 2.24) is 15.3 Å². The molecule has 0 amide bonds. The first kappa shape index (κ1) is 12.7. The van der Waals surface area contributed by atoms with Crippen LogP contribution in [0, 0.1) is 6.92 Å². The molecule has 0 spiro atoms. The molecule has 0 unspecified atom stereocenters. The van der Waals surface area contributed by atoms with Gasteiger partial charge in [0.2, 0.25) is 5.88 Å². The number of nitrogens with one attached hydrogen (secondary N) is 2. The Kier molecular flexibility index (Phi) is 5.56. The molecule has 0 radical (unpaired) electrons. The smallest absolute Gasteiger partial charge is 0.221 e. The van der Waals surface area contributed by atoms with E-state index in [0.29, 0.717) is 5.88 Å². The van der Waals surface area contributed by atoms with E-state index in [4.69, 9.17) is 4.74 Å². The molecule has 0 aromatic carbocycles. The highest BCUT2D eigenvalue weighted by atomic mass is 16.5. The molecule has 1 aromatic heterocycles. The Morgan fingerprint density at radius 2 is 2.06 bits per heavy atom. The van der Waals surface area contributed by atoms with E-state index in [1.54, 1.807) is 7.11 Å². The number of rotatable bonds is 7. The molecule has 0 aliphatic rings. The van der Waals surface area contributed by atoms with Crippen molar-refractivity contribution in [3.05, 3.63) is 11.9 Å². The number of hydrogen-bond acceptors (Lipinski definition) is 5. The van der Waals surface area contributed by atoms with Gasteiger partial charge in [0.15, 0.2) is 0 Å². The van der Waals surface area contributed by atoms with Gasteiger partial charge in [-0.15, -0.1) is 0 Å². The highest BCUT2D eigenvalue weighted by Crippen LogP contribution is 2.18. The van der Waals surface area contributed by atoms with Crippen LogP contribution in [0.15, 0.2) is 6.33 Å². The largest absolute Gasteiger partial charge is 0.481 e. The lowest BCUT2D eigenvalue weighted by atomic mass is 10.3. The van der Waals surface area contributed by atoms with Crippen LogP contribution in [0.25, 0.3) is 0 Å². The fraction of sp³-hybridized carbons (Fsp3) is 0.636. The number of hydrogen-bond donors (Lipinski definition) is 2. The molecule has 16 heavy (non-hydrogen) atoms. The third-order valence-corrected chi connectivity index (χ3v) is 2.25. The minimum absolute atomic E-state index is 0.624. The van der Waals surface area contributed by atoms with Crippen LogP contribution in [0.1, 0.15) is 18.9 Å². The molecule has 1 heterocycles. The quantitative estimate of drug-likeness (QED) is 0.682. The van der Waals surface area contributed by atoms with Gasteiger partial charge in [-0.25, -0.2) is 9.97 Å². The van der Waals surface area contributed by atoms with Crippen molar-refractivity contribution in [2.24, 2.45) is 0 Å². The second kappa shape index (κ2) is 7.00. The van der Waals surface area contributed by atoms with Gasteiger partial charge in [0.05, 0.1) is 12.7 Å². The first-order chi connectivity index (χ1) is 7.79. The van der Waals surface area contributed by atoms with E-state index in [9.17, 15) is 0 Å². The summed E-state index contributed by atoms with van der Waals surface area (Å²) >= 11 is 0. The first-order valence-electron chi connectivity index (χ1n) is 5.59. The minimum atomic E-state index is 0.624. The van der Waals surface area contributed by atoms with Crippen LogP contribution in [-0.4, -0.2) is 36.7 Å². The summed E-state index contributed by atoms with van der Waals surface area (Å²) in [6, 6.07) is 0. The van der Waals surface area contributed by atoms with E-state index in [1.165, 1.54) is 6.33 Å². The highest BCUT2D eigenvalue weighted by molar-refractivity contribution is 5.47. The van der Waals surface area contributed by atoms with Gasteiger partial charge in [-0.05, 0) is 19.9 Å². The Labute approximate surface area is 96.6 Å². The van der Waals surface area contributed by atoms with Gasteiger partial charge in [0.25, 0.3) is 0 Å². The molecule has 0 saturated heterocycles. The highest BCUT2D eigenvalue weighted by Gasteiger charge is 2.05. The lowest BCUT2D eigenvalue weighted by Gasteiger charge is -2.10. The van der Waals surface area contributed by atoms with Crippen LogP contribution in [0.3, 0.4) is 0 Å². The van der Waals surface area contributed by atoms with Crippen molar-refractivity contribution in [3.63, 3.8) is 0 Å². The fourth-order valence-electron chi connectivity index (χ4n) is 1.39. The molecule has 5 nitrogen and oxygen atoms in total. The van der Waals surface area contributed by atoms with Crippen LogP contribution in [0.2, 0.25) is 0 Å². The molecular formula is C11H20N4O. The second-order valence-corrected chi connectivity index (χ2v) is 3.53. The van der Waals surface area contributed by atoms with Crippen LogP contribution >= 0.6 is 0 Å². The maximum absolute atomic E-state index is 5.12. The van der Waals surface area contributed by atoms with E-state index in [0.717, 1.165) is 37.4 Å². The van der Waals surface area contributed by atoms with E-state index in [2.05, 4.69) is 27.5 Å². The van der Waals surface area contributed by atoms with Gasteiger partial charge in [0, 0.05) is 13.1 Å². The fourth-order valence-corrected chi connectivity index (χ4v) is 1.39. The second-order valence-electron chi connectivity index (χ2n) is 3.53. The van der Waals surface area contributed by atoms with Gasteiger partial charge in [-0.3, -0.25) is 0 Å². The minimum Gasteiger partial charge on any atom is -0.481 e. The Morgan fingerprint density at radius 3 is 2.75 bits per heavy atom. The van der Waals surface area contributed by atoms with E-state index in [1.807, 2.05) is 6.92 Å². The molecule has 0 atom stereocenters. The van der Waals surface area contributed by atoms with Gasteiger partial charge < -0.3 is 15.4 Å². The Morgan fingerprint density at radius 1 is 1.25 bits per heavy atom. The van der Waals surface area contributed by atoms with Crippen LogP contribution in [0.4, 0.5) is 5.82 Å². The van der Waals surface area contributed by atoms with E-state index < -0.39 is 0 Å². The zero-order chi connectivity index (χ0) is 11.8. The summed E-state index contributed by atoms with van der Waals surface area (Å²) in [5.74, 6) is 1.46. The Hall–Kier alpha value is -1.36. The SMILES string of the molecule is CCCNCCNc1ncnc(OC)c1C. The van der Waals surface area contributed by atoms with Crippen molar-refractivity contribution < 1.29 is 4.74 Å². The summed E-state index contributed by atoms with van der Waals surface area (Å²) in [5, 5.41) is 6.57. The molecule has 0 aliphatic heterocycles. The topological polar surface area (TPSA) is 59.1 Å². The Bertz CT molecular complexity index is 317. The third-order valence-electron chi connectivity index (χ3n) is 2.25. The molecule has 0 saturated carbocycles. The van der Waals surface area contributed by atoms with Crippen molar-refractivity contribution in [2.75, 3.05) is 32.1 Å². The van der Waals surface area contributed by atoms with E-state index in [-0.39, 0.29) is 0 Å². The van der Waals surface area contributed by atoms with Crippen LogP contribution in [0.5, 0.6) is 5.88 Å². The summed E-state index contributed by atoms with van der Waals surface area (Å²) in [6.07, 6.45) is 2.66. The molecule has 5 heteroatoms. The maximum Gasteiger partial charge on any atom is 0.221 e. The molecule has 0 fully saturated rings. The number of ether oxygens (including phenoxy) is 1. The van der Waals surface area contributed by atoms with Crippen molar-refractivity contribution >= 4 is 5.82 Å². The first-order valence-corrected chi connectivity index (χ1v) is 5.59. The molecule has 2 N–H and O–H groups in total. The summed E-state index contributed by atoms with van der Waals surface area (Å²) in [6.45, 7) is 6.93. The van der Waals surface area contributed by atoms with Crippen molar-refractivity contribution in [1.29, 1.82) is 0 Å². The van der Waals surface area contributed by atoms with E-state index >= 15 is 0 Å². The van der Waals surface area contributed by atoms with Crippen LogP contribution in [-0.2, 0) is 0 Å². The monoisotopic (exact) mass is 224 g/mol.